The van der Waals surface area contributed by atoms with Gasteiger partial charge in [-0.2, -0.15) is 0 Å². The van der Waals surface area contributed by atoms with E-state index in [1.54, 1.807) is 20.4 Å². The first kappa shape index (κ1) is 22.4. The number of hydrogen-bond acceptors (Lipinski definition) is 6. The van der Waals surface area contributed by atoms with Crippen LogP contribution in [0, 0.1) is 0 Å². The number of hydrogen-bond donors (Lipinski definition) is 1. The van der Waals surface area contributed by atoms with Crippen LogP contribution < -0.4 is 14.8 Å². The highest BCUT2D eigenvalue weighted by Crippen LogP contribution is 2.36. The molecule has 6 nitrogen and oxygen atoms in total. The third-order valence-electron chi connectivity index (χ3n) is 5.43. The summed E-state index contributed by atoms with van der Waals surface area (Å²) in [6, 6.07) is 11.0. The van der Waals surface area contributed by atoms with Crippen LogP contribution in [0.5, 0.6) is 11.5 Å². The van der Waals surface area contributed by atoms with E-state index >= 15 is 0 Å². The second kappa shape index (κ2) is 11.2. The van der Waals surface area contributed by atoms with Crippen molar-refractivity contribution in [1.82, 2.24) is 4.98 Å². The van der Waals surface area contributed by atoms with E-state index in [0.29, 0.717) is 18.6 Å². The van der Waals surface area contributed by atoms with Crippen LogP contribution in [0.4, 0.5) is 5.69 Å². The third-order valence-corrected chi connectivity index (χ3v) is 5.43. The highest BCUT2D eigenvalue weighted by molar-refractivity contribution is 5.58. The van der Waals surface area contributed by atoms with Crippen molar-refractivity contribution < 1.29 is 18.9 Å². The molecule has 3 rings (SSSR count). The summed E-state index contributed by atoms with van der Waals surface area (Å²) in [6.07, 6.45) is 6.57. The topological polar surface area (TPSA) is 61.8 Å². The second-order valence-electron chi connectivity index (χ2n) is 8.02. The summed E-state index contributed by atoms with van der Waals surface area (Å²) in [7, 11) is 3.28. The van der Waals surface area contributed by atoms with Gasteiger partial charge in [0.25, 0.3) is 0 Å². The molecule has 6 heteroatoms. The number of benzene rings is 1. The minimum atomic E-state index is 0.203. The number of ether oxygens (including phenoxy) is 4. The lowest BCUT2D eigenvalue weighted by Gasteiger charge is -2.30. The molecule has 0 spiro atoms. The van der Waals surface area contributed by atoms with Gasteiger partial charge in [-0.3, -0.25) is 4.98 Å². The Labute approximate surface area is 179 Å². The van der Waals surface area contributed by atoms with Gasteiger partial charge in [-0.1, -0.05) is 12.1 Å². The Morgan fingerprint density at radius 2 is 1.77 bits per heavy atom. The van der Waals surface area contributed by atoms with Crippen LogP contribution in [0.2, 0.25) is 0 Å². The van der Waals surface area contributed by atoms with Gasteiger partial charge in [-0.15, -0.1) is 0 Å². The highest BCUT2D eigenvalue weighted by Gasteiger charge is 2.23. The molecule has 0 bridgehead atoms. The molecule has 1 aromatic carbocycles. The molecule has 0 saturated heterocycles. The van der Waals surface area contributed by atoms with Crippen molar-refractivity contribution in [2.24, 2.45) is 0 Å². The Bertz CT molecular complexity index is 771. The molecule has 2 aromatic rings. The van der Waals surface area contributed by atoms with Crippen molar-refractivity contribution in [3.05, 3.63) is 47.8 Å². The summed E-state index contributed by atoms with van der Waals surface area (Å²) in [6.45, 7) is 4.69. The first-order valence-corrected chi connectivity index (χ1v) is 10.7. The number of rotatable bonds is 10. The predicted octanol–water partition coefficient (Wildman–Crippen LogP) is 5.14. The largest absolute Gasteiger partial charge is 0.493 e. The van der Waals surface area contributed by atoms with E-state index in [1.165, 1.54) is 18.4 Å². The molecule has 1 heterocycles. The van der Waals surface area contributed by atoms with E-state index in [9.17, 15) is 0 Å². The van der Waals surface area contributed by atoms with Gasteiger partial charge in [0.1, 0.15) is 18.2 Å². The average molecular weight is 415 g/mol. The van der Waals surface area contributed by atoms with Crippen molar-refractivity contribution in [1.29, 1.82) is 0 Å². The summed E-state index contributed by atoms with van der Waals surface area (Å²) < 4.78 is 21.8. The van der Waals surface area contributed by atoms with E-state index in [4.69, 9.17) is 18.9 Å². The number of aromatic nitrogens is 1. The van der Waals surface area contributed by atoms with Crippen LogP contribution in [0.1, 0.15) is 56.7 Å². The van der Waals surface area contributed by atoms with E-state index in [2.05, 4.69) is 48.4 Å². The molecule has 1 N–H and O–H groups in total. The third kappa shape index (κ3) is 6.09. The zero-order valence-electron chi connectivity index (χ0n) is 18.5. The SMILES string of the molecule is COCOCc1nccc(NC2CCC(c3ccc(OC(C)C)cc3)CC2)c1OC. The fourth-order valence-corrected chi connectivity index (χ4v) is 4.04. The molecule has 1 aromatic heterocycles. The molecule has 0 atom stereocenters. The van der Waals surface area contributed by atoms with Crippen molar-refractivity contribution in [3.63, 3.8) is 0 Å². The Kier molecular flexibility index (Phi) is 8.34. The van der Waals surface area contributed by atoms with E-state index in [0.717, 1.165) is 35.7 Å². The number of pyridine rings is 1. The zero-order chi connectivity index (χ0) is 21.3. The maximum absolute atomic E-state index is 5.76. The zero-order valence-corrected chi connectivity index (χ0v) is 18.5. The fourth-order valence-electron chi connectivity index (χ4n) is 4.04. The molecule has 1 aliphatic carbocycles. The Morgan fingerprint density at radius 3 is 2.40 bits per heavy atom. The summed E-state index contributed by atoms with van der Waals surface area (Å²) in [5.74, 6) is 2.30. The lowest BCUT2D eigenvalue weighted by atomic mass is 9.81. The molecule has 164 valence electrons. The molecule has 0 unspecified atom stereocenters. The minimum absolute atomic E-state index is 0.203. The van der Waals surface area contributed by atoms with Gasteiger partial charge >= 0.3 is 0 Å². The van der Waals surface area contributed by atoms with Gasteiger partial charge in [0.05, 0.1) is 25.5 Å². The maximum atomic E-state index is 5.76. The maximum Gasteiger partial charge on any atom is 0.165 e. The van der Waals surface area contributed by atoms with Crippen molar-refractivity contribution in [2.45, 2.75) is 64.2 Å². The Hall–Kier alpha value is -2.31. The van der Waals surface area contributed by atoms with Crippen molar-refractivity contribution in [2.75, 3.05) is 26.3 Å². The molecule has 1 saturated carbocycles. The highest BCUT2D eigenvalue weighted by atomic mass is 16.7. The van der Waals surface area contributed by atoms with Crippen LogP contribution in [-0.4, -0.2) is 38.1 Å². The summed E-state index contributed by atoms with van der Waals surface area (Å²) in [5, 5.41) is 3.66. The van der Waals surface area contributed by atoms with Crippen LogP contribution in [0.25, 0.3) is 0 Å². The number of nitrogens with one attached hydrogen (secondary N) is 1. The van der Waals surface area contributed by atoms with Crippen molar-refractivity contribution in [3.8, 4) is 11.5 Å². The van der Waals surface area contributed by atoms with E-state index in [1.807, 2.05) is 6.07 Å². The van der Waals surface area contributed by atoms with Crippen LogP contribution in [0.15, 0.2) is 36.5 Å². The summed E-state index contributed by atoms with van der Waals surface area (Å²) in [5.41, 5.74) is 3.16. The lowest BCUT2D eigenvalue weighted by Crippen LogP contribution is -2.25. The van der Waals surface area contributed by atoms with Crippen LogP contribution in [0.3, 0.4) is 0 Å². The fraction of sp³-hybridized carbons (Fsp3) is 0.542. The Morgan fingerprint density at radius 1 is 1.03 bits per heavy atom. The number of nitrogens with zero attached hydrogens (tertiary/aromatic N) is 1. The first-order valence-electron chi connectivity index (χ1n) is 10.7. The van der Waals surface area contributed by atoms with Gasteiger partial charge in [-0.25, -0.2) is 0 Å². The van der Waals surface area contributed by atoms with Gasteiger partial charge in [0.15, 0.2) is 5.75 Å². The normalized spacial score (nSPS) is 19.0. The molecule has 30 heavy (non-hydrogen) atoms. The van der Waals surface area contributed by atoms with Crippen molar-refractivity contribution >= 4 is 5.69 Å². The number of methoxy groups -OCH3 is 2. The van der Waals surface area contributed by atoms with Crippen LogP contribution in [-0.2, 0) is 16.1 Å². The molecule has 0 amide bonds. The lowest BCUT2D eigenvalue weighted by molar-refractivity contribution is -0.0405. The monoisotopic (exact) mass is 414 g/mol. The quantitative estimate of drug-likeness (QED) is 0.429. The first-order chi connectivity index (χ1) is 14.6. The minimum Gasteiger partial charge on any atom is -0.493 e. The van der Waals surface area contributed by atoms with Gasteiger partial charge in [-0.05, 0) is 69.2 Å². The smallest absolute Gasteiger partial charge is 0.165 e. The molecule has 1 aliphatic rings. The molecule has 0 aliphatic heterocycles. The van der Waals surface area contributed by atoms with Gasteiger partial charge < -0.3 is 24.3 Å². The van der Waals surface area contributed by atoms with E-state index in [-0.39, 0.29) is 12.9 Å². The molecule has 0 radical (unpaired) electrons. The molecular weight excluding hydrogens is 380 g/mol. The van der Waals surface area contributed by atoms with E-state index < -0.39 is 0 Å². The summed E-state index contributed by atoms with van der Waals surface area (Å²) >= 11 is 0. The predicted molar refractivity (Wildman–Crippen MR) is 118 cm³/mol. The Balaban J connectivity index is 1.56. The molecule has 1 fully saturated rings. The van der Waals surface area contributed by atoms with Crippen LogP contribution >= 0.6 is 0 Å². The standard InChI is InChI=1S/C24H34N2O4/c1-17(2)30-21-11-7-19(8-12-21)18-5-9-20(10-6-18)26-22-13-14-25-23(24(22)28-4)15-29-16-27-3/h7-8,11-14,17-18,20H,5-6,9-10,15-16H2,1-4H3,(H,25,26). The second-order valence-corrected chi connectivity index (χ2v) is 8.02. The summed E-state index contributed by atoms with van der Waals surface area (Å²) in [4.78, 5) is 4.40. The average Bonchev–Trinajstić information content (AvgIpc) is 2.75. The van der Waals surface area contributed by atoms with Gasteiger partial charge in [0.2, 0.25) is 0 Å². The molecular formula is C24H34N2O4. The van der Waals surface area contributed by atoms with Gasteiger partial charge in [0, 0.05) is 19.3 Å². The number of anilines is 1.